The second kappa shape index (κ2) is 6.93. The summed E-state index contributed by atoms with van der Waals surface area (Å²) in [6.07, 6.45) is 11.3. The van der Waals surface area contributed by atoms with Gasteiger partial charge in [0.15, 0.2) is 0 Å². The topological polar surface area (TPSA) is 33.1 Å². The van der Waals surface area contributed by atoms with Gasteiger partial charge in [-0.1, -0.05) is 6.42 Å². The Bertz CT molecular complexity index is 454. The van der Waals surface area contributed by atoms with Crippen molar-refractivity contribution in [1.82, 2.24) is 20.0 Å². The monoisotopic (exact) mass is 290 g/mol. The maximum atomic E-state index is 4.43. The molecule has 21 heavy (non-hydrogen) atoms. The van der Waals surface area contributed by atoms with Crippen molar-refractivity contribution in [3.63, 3.8) is 0 Å². The van der Waals surface area contributed by atoms with E-state index in [1.165, 1.54) is 69.3 Å². The van der Waals surface area contributed by atoms with E-state index in [-0.39, 0.29) is 0 Å². The van der Waals surface area contributed by atoms with Crippen LogP contribution in [0.1, 0.15) is 62.7 Å². The zero-order valence-corrected chi connectivity index (χ0v) is 13.6. The quantitative estimate of drug-likeness (QED) is 0.846. The van der Waals surface area contributed by atoms with Crippen LogP contribution in [0.5, 0.6) is 0 Å². The van der Waals surface area contributed by atoms with Gasteiger partial charge in [0.1, 0.15) is 0 Å². The molecule has 1 fully saturated rings. The molecular weight excluding hydrogens is 260 g/mol. The summed E-state index contributed by atoms with van der Waals surface area (Å²) in [6.45, 7) is 6.07. The number of nitrogens with zero attached hydrogens (tertiary/aromatic N) is 3. The predicted octanol–water partition coefficient (Wildman–Crippen LogP) is 2.65. The number of nitrogens with one attached hydrogen (secondary N) is 1. The molecule has 118 valence electrons. The Morgan fingerprint density at radius 3 is 3.05 bits per heavy atom. The van der Waals surface area contributed by atoms with E-state index in [0.29, 0.717) is 6.04 Å². The fourth-order valence-corrected chi connectivity index (χ4v) is 3.97. The molecule has 1 aliphatic carbocycles. The molecule has 2 unspecified atom stereocenters. The molecule has 1 aliphatic heterocycles. The van der Waals surface area contributed by atoms with Crippen molar-refractivity contribution >= 4 is 0 Å². The van der Waals surface area contributed by atoms with E-state index < -0.39 is 0 Å². The van der Waals surface area contributed by atoms with E-state index in [4.69, 9.17) is 0 Å². The highest BCUT2D eigenvalue weighted by atomic mass is 15.3. The van der Waals surface area contributed by atoms with Gasteiger partial charge in [-0.3, -0.25) is 4.68 Å². The number of piperidine rings is 1. The normalized spacial score (nSPS) is 26.8. The van der Waals surface area contributed by atoms with Gasteiger partial charge in [-0.15, -0.1) is 0 Å². The molecule has 0 radical (unpaired) electrons. The van der Waals surface area contributed by atoms with Crippen LogP contribution in [0.2, 0.25) is 0 Å². The van der Waals surface area contributed by atoms with Gasteiger partial charge in [-0.25, -0.2) is 0 Å². The van der Waals surface area contributed by atoms with Gasteiger partial charge >= 0.3 is 0 Å². The van der Waals surface area contributed by atoms with Crippen LogP contribution in [-0.4, -0.2) is 40.4 Å². The Labute approximate surface area is 128 Å². The minimum atomic E-state index is 0.529. The molecule has 3 rings (SSSR count). The molecule has 1 saturated heterocycles. The van der Waals surface area contributed by atoms with Crippen molar-refractivity contribution in [1.29, 1.82) is 0 Å². The van der Waals surface area contributed by atoms with E-state index in [1.807, 2.05) is 0 Å². The van der Waals surface area contributed by atoms with E-state index in [0.717, 1.165) is 12.6 Å². The number of aromatic nitrogens is 2. The van der Waals surface area contributed by atoms with Crippen LogP contribution in [0.3, 0.4) is 0 Å². The van der Waals surface area contributed by atoms with Gasteiger partial charge < -0.3 is 10.2 Å². The molecule has 4 heteroatoms. The summed E-state index contributed by atoms with van der Waals surface area (Å²) < 4.78 is 2.05. The zero-order chi connectivity index (χ0) is 14.7. The summed E-state index contributed by atoms with van der Waals surface area (Å²) in [5.41, 5.74) is 2.87. The van der Waals surface area contributed by atoms with Crippen LogP contribution < -0.4 is 5.32 Å². The lowest BCUT2D eigenvalue weighted by atomic mass is 9.93. The minimum Gasteiger partial charge on any atom is -0.310 e. The molecule has 2 aliphatic rings. The van der Waals surface area contributed by atoms with Gasteiger partial charge in [-0.05, 0) is 65.1 Å². The van der Waals surface area contributed by atoms with Gasteiger partial charge in [0.2, 0.25) is 0 Å². The third-order valence-corrected chi connectivity index (χ3v) is 5.33. The number of rotatable bonds is 5. The maximum Gasteiger partial charge on any atom is 0.0540 e. The molecule has 0 aromatic carbocycles. The minimum absolute atomic E-state index is 0.529. The highest BCUT2D eigenvalue weighted by Crippen LogP contribution is 2.29. The fourth-order valence-electron chi connectivity index (χ4n) is 3.97. The summed E-state index contributed by atoms with van der Waals surface area (Å²) in [7, 11) is 2.07. The second-order valence-corrected chi connectivity index (χ2v) is 6.80. The first-order valence-corrected chi connectivity index (χ1v) is 8.74. The van der Waals surface area contributed by atoms with Crippen LogP contribution in [0, 0.1) is 0 Å². The largest absolute Gasteiger partial charge is 0.310 e. The number of fused-ring (bicyclic) bond motifs is 1. The first-order chi connectivity index (χ1) is 10.3. The second-order valence-electron chi connectivity index (χ2n) is 6.80. The van der Waals surface area contributed by atoms with Crippen molar-refractivity contribution in [3.8, 4) is 0 Å². The zero-order valence-electron chi connectivity index (χ0n) is 13.6. The highest BCUT2D eigenvalue weighted by Gasteiger charge is 2.23. The third-order valence-electron chi connectivity index (χ3n) is 5.33. The molecule has 0 spiro atoms. The van der Waals surface area contributed by atoms with Gasteiger partial charge in [0.05, 0.1) is 6.20 Å². The molecule has 0 saturated carbocycles. The van der Waals surface area contributed by atoms with Gasteiger partial charge in [-0.2, -0.15) is 5.10 Å². The van der Waals surface area contributed by atoms with Crippen LogP contribution in [-0.2, 0) is 13.5 Å². The van der Waals surface area contributed by atoms with E-state index in [2.05, 4.69) is 40.2 Å². The van der Waals surface area contributed by atoms with Crippen LogP contribution >= 0.6 is 0 Å². The number of hydrogen-bond donors (Lipinski definition) is 1. The average Bonchev–Trinajstić information content (AvgIpc) is 2.88. The van der Waals surface area contributed by atoms with Gasteiger partial charge in [0, 0.05) is 30.4 Å². The first kappa shape index (κ1) is 15.0. The van der Waals surface area contributed by atoms with Crippen molar-refractivity contribution < 1.29 is 0 Å². The molecule has 0 bridgehead atoms. The summed E-state index contributed by atoms with van der Waals surface area (Å²) in [5, 5.41) is 8.19. The summed E-state index contributed by atoms with van der Waals surface area (Å²) >= 11 is 0. The molecule has 0 amide bonds. The lowest BCUT2D eigenvalue weighted by Gasteiger charge is -2.33. The smallest absolute Gasteiger partial charge is 0.0540 e. The molecule has 1 aromatic heterocycles. The molecule has 2 heterocycles. The lowest BCUT2D eigenvalue weighted by molar-refractivity contribution is 0.158. The van der Waals surface area contributed by atoms with Crippen LogP contribution in [0.4, 0.5) is 0 Å². The Balaban J connectivity index is 1.44. The Morgan fingerprint density at radius 1 is 1.29 bits per heavy atom. The molecule has 1 aromatic rings. The van der Waals surface area contributed by atoms with Crippen molar-refractivity contribution in [2.45, 2.75) is 64.0 Å². The lowest BCUT2D eigenvalue weighted by Crippen LogP contribution is -2.39. The summed E-state index contributed by atoms with van der Waals surface area (Å²) in [6, 6.07) is 1.32. The Kier molecular flexibility index (Phi) is 4.96. The standard InChI is InChI=1S/C17H30N4/c1-14-7-3-4-11-21(14)12-6-10-18-16-8-5-9-17-15(16)13-19-20(17)2/h13-14,16,18H,3-12H2,1-2H3. The first-order valence-electron chi connectivity index (χ1n) is 8.74. The van der Waals surface area contributed by atoms with Crippen molar-refractivity contribution in [2.24, 2.45) is 7.05 Å². The third kappa shape index (κ3) is 3.49. The predicted molar refractivity (Wildman–Crippen MR) is 86.4 cm³/mol. The van der Waals surface area contributed by atoms with E-state index in [9.17, 15) is 0 Å². The molecule has 2 atom stereocenters. The number of aryl methyl sites for hydroxylation is 1. The molecular formula is C17H30N4. The van der Waals surface area contributed by atoms with Crippen molar-refractivity contribution in [3.05, 3.63) is 17.5 Å². The van der Waals surface area contributed by atoms with E-state index in [1.54, 1.807) is 0 Å². The maximum absolute atomic E-state index is 4.43. The van der Waals surface area contributed by atoms with Gasteiger partial charge in [0.25, 0.3) is 0 Å². The molecule has 1 N–H and O–H groups in total. The molecule has 4 nitrogen and oxygen atoms in total. The highest BCUT2D eigenvalue weighted by molar-refractivity contribution is 5.24. The number of likely N-dealkylation sites (tertiary alicyclic amines) is 1. The fraction of sp³-hybridized carbons (Fsp3) is 0.824. The summed E-state index contributed by atoms with van der Waals surface area (Å²) in [5.74, 6) is 0. The SMILES string of the molecule is CC1CCCCN1CCCNC1CCCc2c1cnn2C. The van der Waals surface area contributed by atoms with Crippen LogP contribution in [0.25, 0.3) is 0 Å². The number of hydrogen-bond acceptors (Lipinski definition) is 3. The average molecular weight is 290 g/mol. The Morgan fingerprint density at radius 2 is 2.19 bits per heavy atom. The summed E-state index contributed by atoms with van der Waals surface area (Å²) in [4.78, 5) is 2.67. The van der Waals surface area contributed by atoms with Crippen molar-refractivity contribution in [2.75, 3.05) is 19.6 Å². The van der Waals surface area contributed by atoms with Crippen LogP contribution in [0.15, 0.2) is 6.20 Å². The van der Waals surface area contributed by atoms with E-state index >= 15 is 0 Å². The Hall–Kier alpha value is -0.870.